The van der Waals surface area contributed by atoms with Crippen molar-refractivity contribution in [3.63, 3.8) is 0 Å². The number of hydrogen-bond donors (Lipinski definition) is 2. The summed E-state index contributed by atoms with van der Waals surface area (Å²) in [5, 5.41) is 2.88. The van der Waals surface area contributed by atoms with Crippen LogP contribution in [0.5, 0.6) is 17.2 Å². The molecule has 0 fully saturated rings. The lowest BCUT2D eigenvalue weighted by Crippen LogP contribution is -2.23. The van der Waals surface area contributed by atoms with Crippen molar-refractivity contribution in [1.82, 2.24) is 15.3 Å². The van der Waals surface area contributed by atoms with Crippen LogP contribution in [0.4, 0.5) is 0 Å². The molecular weight excluding hydrogens is 322 g/mol. The molecule has 130 valence electrons. The molecule has 0 saturated heterocycles. The topological polar surface area (TPSA) is 85.5 Å². The summed E-state index contributed by atoms with van der Waals surface area (Å²) in [5.41, 5.74) is 2.91. The van der Waals surface area contributed by atoms with Crippen LogP contribution in [0.1, 0.15) is 15.9 Å². The van der Waals surface area contributed by atoms with Crippen molar-refractivity contribution in [2.24, 2.45) is 0 Å². The monoisotopic (exact) mass is 341 g/mol. The van der Waals surface area contributed by atoms with Gasteiger partial charge in [-0.1, -0.05) is 0 Å². The molecule has 2 N–H and O–H groups in total. The quantitative estimate of drug-likeness (QED) is 0.719. The summed E-state index contributed by atoms with van der Waals surface area (Å²) in [5.74, 6) is 1.59. The largest absolute Gasteiger partial charge is 0.496 e. The van der Waals surface area contributed by atoms with Gasteiger partial charge in [-0.25, -0.2) is 4.98 Å². The van der Waals surface area contributed by atoms with E-state index in [0.29, 0.717) is 22.8 Å². The molecule has 1 heterocycles. The lowest BCUT2D eigenvalue weighted by atomic mass is 10.1. The van der Waals surface area contributed by atoms with E-state index in [1.165, 1.54) is 0 Å². The van der Waals surface area contributed by atoms with Crippen LogP contribution in [0.2, 0.25) is 0 Å². The normalized spacial score (nSPS) is 10.5. The number of amides is 1. The Bertz CT molecular complexity index is 879. The van der Waals surface area contributed by atoms with Crippen molar-refractivity contribution < 1.29 is 19.0 Å². The Morgan fingerprint density at radius 3 is 2.44 bits per heavy atom. The van der Waals surface area contributed by atoms with Gasteiger partial charge in [0.15, 0.2) is 0 Å². The maximum atomic E-state index is 12.5. The molecule has 0 aliphatic heterocycles. The summed E-state index contributed by atoms with van der Waals surface area (Å²) in [7, 11) is 4.69. The molecule has 2 aromatic carbocycles. The van der Waals surface area contributed by atoms with Gasteiger partial charge in [0.05, 0.1) is 50.8 Å². The van der Waals surface area contributed by atoms with Crippen molar-refractivity contribution >= 4 is 16.9 Å². The lowest BCUT2D eigenvalue weighted by molar-refractivity contribution is 0.0950. The summed E-state index contributed by atoms with van der Waals surface area (Å²) >= 11 is 0. The van der Waals surface area contributed by atoms with Crippen LogP contribution < -0.4 is 19.5 Å². The number of carbonyl (C=O) groups is 1. The van der Waals surface area contributed by atoms with Crippen molar-refractivity contribution in [3.8, 4) is 17.2 Å². The second kappa shape index (κ2) is 7.12. The number of aromatic amines is 1. The lowest BCUT2D eigenvalue weighted by Gasteiger charge is -2.15. The fraction of sp³-hybridized carbons (Fsp3) is 0.222. The fourth-order valence-corrected chi connectivity index (χ4v) is 2.60. The number of nitrogens with zero attached hydrogens (tertiary/aromatic N) is 1. The Morgan fingerprint density at radius 1 is 1.08 bits per heavy atom. The van der Waals surface area contributed by atoms with Gasteiger partial charge in [0.25, 0.3) is 5.91 Å². The van der Waals surface area contributed by atoms with Crippen LogP contribution >= 0.6 is 0 Å². The van der Waals surface area contributed by atoms with Crippen LogP contribution in [-0.2, 0) is 6.54 Å². The standard InChI is InChI=1S/C18H19N3O4/c1-23-12-7-16(24-2)13(17(8-12)25-3)9-19-18(22)11-4-5-14-15(6-11)21-10-20-14/h4-8,10H,9H2,1-3H3,(H,19,22)(H,20,21). The summed E-state index contributed by atoms with van der Waals surface area (Å²) in [4.78, 5) is 19.6. The molecule has 0 saturated carbocycles. The third kappa shape index (κ3) is 3.35. The van der Waals surface area contributed by atoms with E-state index < -0.39 is 0 Å². The first kappa shape index (κ1) is 16.6. The highest BCUT2D eigenvalue weighted by atomic mass is 16.5. The minimum absolute atomic E-state index is 0.198. The minimum atomic E-state index is -0.198. The number of hydrogen-bond acceptors (Lipinski definition) is 5. The number of H-pyrrole nitrogens is 1. The van der Waals surface area contributed by atoms with Gasteiger partial charge in [0.2, 0.25) is 0 Å². The minimum Gasteiger partial charge on any atom is -0.496 e. The number of fused-ring (bicyclic) bond motifs is 1. The maximum absolute atomic E-state index is 12.5. The number of nitrogens with one attached hydrogen (secondary N) is 2. The highest BCUT2D eigenvalue weighted by molar-refractivity contribution is 5.97. The molecule has 25 heavy (non-hydrogen) atoms. The van der Waals surface area contributed by atoms with Crippen molar-refractivity contribution in [3.05, 3.63) is 47.8 Å². The first-order valence-electron chi connectivity index (χ1n) is 7.66. The van der Waals surface area contributed by atoms with Crippen LogP contribution in [-0.4, -0.2) is 37.2 Å². The molecule has 0 radical (unpaired) electrons. The van der Waals surface area contributed by atoms with Gasteiger partial charge in [-0.05, 0) is 18.2 Å². The molecule has 0 aliphatic carbocycles. The van der Waals surface area contributed by atoms with Crippen LogP contribution in [0.3, 0.4) is 0 Å². The Labute approximate surface area is 144 Å². The van der Waals surface area contributed by atoms with Gasteiger partial charge >= 0.3 is 0 Å². The van der Waals surface area contributed by atoms with Gasteiger partial charge in [0, 0.05) is 17.7 Å². The molecule has 3 rings (SSSR count). The number of benzene rings is 2. The molecular formula is C18H19N3O4. The van der Waals surface area contributed by atoms with Crippen LogP contribution in [0.15, 0.2) is 36.7 Å². The molecule has 1 amide bonds. The first-order valence-corrected chi connectivity index (χ1v) is 7.66. The van der Waals surface area contributed by atoms with E-state index in [-0.39, 0.29) is 12.5 Å². The number of imidazole rings is 1. The van der Waals surface area contributed by atoms with Gasteiger partial charge in [-0.15, -0.1) is 0 Å². The van der Waals surface area contributed by atoms with E-state index >= 15 is 0 Å². The van der Waals surface area contributed by atoms with E-state index in [0.717, 1.165) is 16.6 Å². The molecule has 7 nitrogen and oxygen atoms in total. The third-order valence-electron chi connectivity index (χ3n) is 3.93. The summed E-state index contributed by atoms with van der Waals surface area (Å²) < 4.78 is 16.0. The zero-order chi connectivity index (χ0) is 17.8. The summed E-state index contributed by atoms with van der Waals surface area (Å²) in [6, 6.07) is 8.80. The first-order chi connectivity index (χ1) is 12.2. The average molecular weight is 341 g/mol. The number of carbonyl (C=O) groups excluding carboxylic acids is 1. The Balaban J connectivity index is 1.81. The highest BCUT2D eigenvalue weighted by Crippen LogP contribution is 2.33. The summed E-state index contributed by atoms with van der Waals surface area (Å²) in [6.45, 7) is 0.260. The number of methoxy groups -OCH3 is 3. The summed E-state index contributed by atoms with van der Waals surface area (Å²) in [6.07, 6.45) is 1.60. The van der Waals surface area contributed by atoms with Crippen LogP contribution in [0.25, 0.3) is 11.0 Å². The molecule has 0 spiro atoms. The zero-order valence-electron chi connectivity index (χ0n) is 14.3. The van der Waals surface area contributed by atoms with Crippen molar-refractivity contribution in [2.45, 2.75) is 6.54 Å². The van der Waals surface area contributed by atoms with Crippen molar-refractivity contribution in [2.75, 3.05) is 21.3 Å². The second-order valence-corrected chi connectivity index (χ2v) is 5.33. The van der Waals surface area contributed by atoms with E-state index in [9.17, 15) is 4.79 Å². The molecule has 0 aliphatic rings. The van der Waals surface area contributed by atoms with Gasteiger partial charge in [-0.3, -0.25) is 4.79 Å². The van der Waals surface area contributed by atoms with Gasteiger partial charge in [-0.2, -0.15) is 0 Å². The molecule has 0 atom stereocenters. The van der Waals surface area contributed by atoms with Crippen LogP contribution in [0, 0.1) is 0 Å². The van der Waals surface area contributed by atoms with E-state index in [2.05, 4.69) is 15.3 Å². The SMILES string of the molecule is COc1cc(OC)c(CNC(=O)c2ccc3nc[nH]c3c2)c(OC)c1. The Kier molecular flexibility index (Phi) is 4.74. The molecule has 0 bridgehead atoms. The fourth-order valence-electron chi connectivity index (χ4n) is 2.60. The van der Waals surface area contributed by atoms with Gasteiger partial charge < -0.3 is 24.5 Å². The van der Waals surface area contributed by atoms with Crippen molar-refractivity contribution in [1.29, 1.82) is 0 Å². The predicted octanol–water partition coefficient (Wildman–Crippen LogP) is 2.52. The Hall–Kier alpha value is -3.22. The number of aromatic nitrogens is 2. The van der Waals surface area contributed by atoms with E-state index in [1.807, 2.05) is 0 Å². The smallest absolute Gasteiger partial charge is 0.251 e. The predicted molar refractivity (Wildman–Crippen MR) is 93.4 cm³/mol. The Morgan fingerprint density at radius 2 is 1.80 bits per heavy atom. The molecule has 7 heteroatoms. The van der Waals surface area contributed by atoms with E-state index in [4.69, 9.17) is 14.2 Å². The molecule has 3 aromatic rings. The second-order valence-electron chi connectivity index (χ2n) is 5.33. The highest BCUT2D eigenvalue weighted by Gasteiger charge is 2.15. The molecule has 1 aromatic heterocycles. The average Bonchev–Trinajstić information content (AvgIpc) is 3.12. The molecule has 0 unspecified atom stereocenters. The maximum Gasteiger partial charge on any atom is 0.251 e. The third-order valence-corrected chi connectivity index (χ3v) is 3.93. The van der Waals surface area contributed by atoms with E-state index in [1.54, 1.807) is 58.0 Å². The number of ether oxygens (including phenoxy) is 3. The zero-order valence-corrected chi connectivity index (χ0v) is 14.3. The number of rotatable bonds is 6. The van der Waals surface area contributed by atoms with Gasteiger partial charge in [0.1, 0.15) is 17.2 Å².